The summed E-state index contributed by atoms with van der Waals surface area (Å²) in [6.45, 7) is 4.32. The average molecular weight is 411 g/mol. The summed E-state index contributed by atoms with van der Waals surface area (Å²) in [5.74, 6) is -0.536. The van der Waals surface area contributed by atoms with Gasteiger partial charge in [-0.15, -0.1) is 0 Å². The second-order valence-electron chi connectivity index (χ2n) is 8.23. The number of carbonyl (C=O) groups excluding carboxylic acids is 2. The Morgan fingerprint density at radius 1 is 1.10 bits per heavy atom. The molecule has 1 fully saturated rings. The van der Waals surface area contributed by atoms with E-state index in [0.717, 1.165) is 42.4 Å². The zero-order valence-electron chi connectivity index (χ0n) is 17.9. The molecule has 0 bridgehead atoms. The zero-order valence-corrected chi connectivity index (χ0v) is 17.9. The normalized spacial score (nSPS) is 15.0. The van der Waals surface area contributed by atoms with Gasteiger partial charge in [0, 0.05) is 12.6 Å². The van der Waals surface area contributed by atoms with E-state index in [1.165, 1.54) is 12.1 Å². The van der Waals surface area contributed by atoms with Crippen molar-refractivity contribution in [1.82, 2.24) is 10.2 Å². The van der Waals surface area contributed by atoms with Crippen molar-refractivity contribution in [3.8, 4) is 0 Å². The van der Waals surface area contributed by atoms with Gasteiger partial charge in [0.2, 0.25) is 11.8 Å². The van der Waals surface area contributed by atoms with Crippen LogP contribution in [0.5, 0.6) is 0 Å². The van der Waals surface area contributed by atoms with Crippen LogP contribution in [0.15, 0.2) is 48.5 Å². The molecule has 1 N–H and O–H groups in total. The Morgan fingerprint density at radius 3 is 2.43 bits per heavy atom. The van der Waals surface area contributed by atoms with Crippen molar-refractivity contribution in [2.24, 2.45) is 0 Å². The summed E-state index contributed by atoms with van der Waals surface area (Å²) in [7, 11) is 0. The summed E-state index contributed by atoms with van der Waals surface area (Å²) in [5.41, 5.74) is 2.85. The fourth-order valence-corrected chi connectivity index (χ4v) is 4.17. The third kappa shape index (κ3) is 5.91. The smallest absolute Gasteiger partial charge is 0.243 e. The van der Waals surface area contributed by atoms with E-state index in [4.69, 9.17) is 0 Å². The Labute approximate surface area is 178 Å². The van der Waals surface area contributed by atoms with E-state index in [2.05, 4.69) is 5.32 Å². The molecule has 30 heavy (non-hydrogen) atoms. The molecule has 0 aromatic heterocycles. The molecule has 2 amide bonds. The van der Waals surface area contributed by atoms with Crippen LogP contribution in [0.25, 0.3) is 0 Å². The first kappa shape index (κ1) is 22.0. The van der Waals surface area contributed by atoms with Crippen LogP contribution in [-0.4, -0.2) is 28.8 Å². The highest BCUT2D eigenvalue weighted by Gasteiger charge is 2.30. The first-order chi connectivity index (χ1) is 14.5. The fraction of sp³-hybridized carbons (Fsp3) is 0.440. The van der Waals surface area contributed by atoms with E-state index in [-0.39, 0.29) is 30.1 Å². The predicted molar refractivity (Wildman–Crippen MR) is 116 cm³/mol. The van der Waals surface area contributed by atoms with Crippen LogP contribution in [0.1, 0.15) is 55.7 Å². The lowest BCUT2D eigenvalue weighted by Crippen LogP contribution is -2.51. The maximum absolute atomic E-state index is 13.3. The lowest BCUT2D eigenvalue weighted by atomic mass is 10.1. The predicted octanol–water partition coefficient (Wildman–Crippen LogP) is 4.54. The molecule has 4 nitrogen and oxygen atoms in total. The van der Waals surface area contributed by atoms with Crippen molar-refractivity contribution in [1.29, 1.82) is 0 Å². The van der Waals surface area contributed by atoms with Gasteiger partial charge in [-0.3, -0.25) is 9.59 Å². The highest BCUT2D eigenvalue weighted by Crippen LogP contribution is 2.20. The summed E-state index contributed by atoms with van der Waals surface area (Å²) in [4.78, 5) is 28.0. The number of amides is 2. The number of benzene rings is 2. The molecule has 0 saturated heterocycles. The van der Waals surface area contributed by atoms with Gasteiger partial charge in [0.25, 0.3) is 0 Å². The number of carbonyl (C=O) groups is 2. The van der Waals surface area contributed by atoms with Gasteiger partial charge < -0.3 is 10.2 Å². The van der Waals surface area contributed by atoms with E-state index in [1.807, 2.05) is 38.1 Å². The summed E-state index contributed by atoms with van der Waals surface area (Å²) in [6, 6.07) is 13.6. The lowest BCUT2D eigenvalue weighted by molar-refractivity contribution is -0.141. The number of rotatable bonds is 8. The summed E-state index contributed by atoms with van der Waals surface area (Å²) in [6.07, 6.45) is 4.96. The van der Waals surface area contributed by atoms with E-state index in [0.29, 0.717) is 13.0 Å². The number of hydrogen-bond donors (Lipinski definition) is 1. The third-order valence-electron chi connectivity index (χ3n) is 5.79. The van der Waals surface area contributed by atoms with Gasteiger partial charge in [-0.2, -0.15) is 0 Å². The quantitative estimate of drug-likeness (QED) is 0.694. The van der Waals surface area contributed by atoms with Crippen LogP contribution in [0, 0.1) is 12.7 Å². The Balaban J connectivity index is 1.81. The van der Waals surface area contributed by atoms with E-state index < -0.39 is 6.04 Å². The standard InChI is InChI=1S/C25H31FN2O2/c1-3-23(25(30)27-22-9-4-5-10-22)28(17-20-8-6-7-18(2)15-20)24(29)16-19-11-13-21(26)14-12-19/h6-8,11-15,22-23H,3-5,9-10,16-17H2,1-2H3,(H,27,30). The zero-order chi connectivity index (χ0) is 21.5. The molecule has 160 valence electrons. The maximum Gasteiger partial charge on any atom is 0.243 e. The second kappa shape index (κ2) is 10.4. The van der Waals surface area contributed by atoms with Crippen LogP contribution < -0.4 is 5.32 Å². The number of aryl methyl sites for hydroxylation is 1. The minimum Gasteiger partial charge on any atom is -0.352 e. The van der Waals surface area contributed by atoms with Gasteiger partial charge in [-0.1, -0.05) is 61.7 Å². The molecule has 3 rings (SSSR count). The Kier molecular flexibility index (Phi) is 7.61. The average Bonchev–Trinajstić information content (AvgIpc) is 3.22. The first-order valence-corrected chi connectivity index (χ1v) is 10.9. The SMILES string of the molecule is CCC(C(=O)NC1CCCC1)N(Cc1cccc(C)c1)C(=O)Cc1ccc(F)cc1. The van der Waals surface area contributed by atoms with E-state index in [9.17, 15) is 14.0 Å². The van der Waals surface area contributed by atoms with Crippen LogP contribution >= 0.6 is 0 Å². The van der Waals surface area contributed by atoms with Crippen LogP contribution in [-0.2, 0) is 22.6 Å². The Morgan fingerprint density at radius 2 is 1.80 bits per heavy atom. The minimum absolute atomic E-state index is 0.0792. The lowest BCUT2D eigenvalue weighted by Gasteiger charge is -2.31. The molecule has 0 spiro atoms. The van der Waals surface area contributed by atoms with Gasteiger partial charge in [0.15, 0.2) is 0 Å². The highest BCUT2D eigenvalue weighted by molar-refractivity contribution is 5.88. The summed E-state index contributed by atoms with van der Waals surface area (Å²) < 4.78 is 13.2. The van der Waals surface area contributed by atoms with Gasteiger partial charge >= 0.3 is 0 Å². The monoisotopic (exact) mass is 410 g/mol. The van der Waals surface area contributed by atoms with Crippen molar-refractivity contribution in [3.63, 3.8) is 0 Å². The molecule has 0 heterocycles. The molecule has 1 aliphatic rings. The second-order valence-corrected chi connectivity index (χ2v) is 8.23. The molecule has 0 aliphatic heterocycles. The van der Waals surface area contributed by atoms with Gasteiger partial charge in [0.05, 0.1) is 6.42 Å². The van der Waals surface area contributed by atoms with Crippen LogP contribution in [0.4, 0.5) is 4.39 Å². The first-order valence-electron chi connectivity index (χ1n) is 10.9. The molecule has 5 heteroatoms. The molecule has 2 aromatic rings. The molecule has 1 aliphatic carbocycles. The van der Waals surface area contributed by atoms with Crippen molar-refractivity contribution < 1.29 is 14.0 Å². The van der Waals surface area contributed by atoms with Crippen molar-refractivity contribution in [3.05, 3.63) is 71.0 Å². The largest absolute Gasteiger partial charge is 0.352 e. The molecule has 2 aromatic carbocycles. The molecule has 1 saturated carbocycles. The van der Waals surface area contributed by atoms with Crippen molar-refractivity contribution in [2.45, 2.75) is 71.0 Å². The van der Waals surface area contributed by atoms with E-state index in [1.54, 1.807) is 17.0 Å². The van der Waals surface area contributed by atoms with Crippen LogP contribution in [0.2, 0.25) is 0 Å². The summed E-state index contributed by atoms with van der Waals surface area (Å²) >= 11 is 0. The minimum atomic E-state index is -0.529. The Hall–Kier alpha value is -2.69. The molecule has 1 unspecified atom stereocenters. The van der Waals surface area contributed by atoms with Gasteiger partial charge in [-0.05, 0) is 49.4 Å². The van der Waals surface area contributed by atoms with Gasteiger partial charge in [0.1, 0.15) is 11.9 Å². The fourth-order valence-electron chi connectivity index (χ4n) is 4.17. The topological polar surface area (TPSA) is 49.4 Å². The number of halogens is 1. The highest BCUT2D eigenvalue weighted by atomic mass is 19.1. The molecule has 0 radical (unpaired) electrons. The van der Waals surface area contributed by atoms with Crippen molar-refractivity contribution in [2.75, 3.05) is 0 Å². The van der Waals surface area contributed by atoms with E-state index >= 15 is 0 Å². The summed E-state index contributed by atoms with van der Waals surface area (Å²) in [5, 5.41) is 3.15. The van der Waals surface area contributed by atoms with Crippen LogP contribution in [0.3, 0.4) is 0 Å². The number of hydrogen-bond acceptors (Lipinski definition) is 2. The third-order valence-corrected chi connectivity index (χ3v) is 5.79. The number of nitrogens with one attached hydrogen (secondary N) is 1. The Bertz CT molecular complexity index is 860. The van der Waals surface area contributed by atoms with Gasteiger partial charge in [-0.25, -0.2) is 4.39 Å². The molecular formula is C25H31FN2O2. The van der Waals surface area contributed by atoms with Crippen molar-refractivity contribution >= 4 is 11.8 Å². The maximum atomic E-state index is 13.3. The molecular weight excluding hydrogens is 379 g/mol. The number of nitrogens with zero attached hydrogens (tertiary/aromatic N) is 1. The molecule has 1 atom stereocenters.